The van der Waals surface area contributed by atoms with Gasteiger partial charge in [-0.3, -0.25) is 10.1 Å². The zero-order valence-electron chi connectivity index (χ0n) is 18.3. The number of anilines is 1. The van der Waals surface area contributed by atoms with Crippen LogP contribution in [-0.2, 0) is 20.8 Å². The van der Waals surface area contributed by atoms with Crippen molar-refractivity contribution in [1.29, 1.82) is 0 Å². The lowest BCUT2D eigenvalue weighted by Crippen LogP contribution is -2.37. The van der Waals surface area contributed by atoms with Crippen LogP contribution in [0.5, 0.6) is 0 Å². The summed E-state index contributed by atoms with van der Waals surface area (Å²) in [4.78, 5) is 38.2. The second-order valence-corrected chi connectivity index (χ2v) is 8.08. The van der Waals surface area contributed by atoms with E-state index in [-0.39, 0.29) is 12.1 Å². The predicted octanol–water partition coefficient (Wildman–Crippen LogP) is 4.38. The second-order valence-electron chi connectivity index (χ2n) is 8.08. The number of rotatable bonds is 6. The van der Waals surface area contributed by atoms with Crippen LogP contribution in [0.4, 0.5) is 14.9 Å². The van der Waals surface area contributed by atoms with Crippen molar-refractivity contribution >= 4 is 23.7 Å². The lowest BCUT2D eigenvalue weighted by Gasteiger charge is -2.22. The zero-order valence-corrected chi connectivity index (χ0v) is 18.3. The average molecular weight is 430 g/mol. The summed E-state index contributed by atoms with van der Waals surface area (Å²) in [6.07, 6.45) is -1.70. The lowest BCUT2D eigenvalue weighted by atomic mass is 10.2. The molecule has 0 heterocycles. The molecule has 0 bridgehead atoms. The maximum Gasteiger partial charge on any atom is 0.412 e. The minimum atomic E-state index is -1.05. The minimum absolute atomic E-state index is 0.168. The number of amides is 2. The highest BCUT2D eigenvalue weighted by Crippen LogP contribution is 2.16. The highest BCUT2D eigenvalue weighted by atomic mass is 19.1. The molecule has 0 fully saturated rings. The van der Waals surface area contributed by atoms with Crippen LogP contribution in [0.25, 0.3) is 0 Å². The van der Waals surface area contributed by atoms with Gasteiger partial charge in [0.25, 0.3) is 5.91 Å². The van der Waals surface area contributed by atoms with Crippen molar-refractivity contribution in [3.8, 4) is 0 Å². The van der Waals surface area contributed by atoms with Gasteiger partial charge in [-0.25, -0.2) is 14.0 Å². The number of nitrogens with zero attached hydrogens (tertiary/aromatic N) is 1. The number of halogens is 1. The van der Waals surface area contributed by atoms with Gasteiger partial charge in [-0.15, -0.1) is 0 Å². The van der Waals surface area contributed by atoms with Crippen LogP contribution >= 0.6 is 0 Å². The third kappa shape index (κ3) is 7.73. The molecule has 31 heavy (non-hydrogen) atoms. The summed E-state index contributed by atoms with van der Waals surface area (Å²) in [5, 5.41) is 2.55. The van der Waals surface area contributed by atoms with E-state index in [1.54, 1.807) is 52.1 Å². The number of nitrogens with one attached hydrogen (secondary N) is 1. The number of carbonyl (C=O) groups excluding carboxylic acids is 3. The number of likely N-dealkylation sites (N-methyl/N-ethyl adjacent to an activating group) is 1. The molecule has 0 radical (unpaired) electrons. The van der Waals surface area contributed by atoms with Crippen LogP contribution < -0.4 is 5.32 Å². The number of hydrogen-bond donors (Lipinski definition) is 1. The Balaban J connectivity index is 1.97. The number of benzene rings is 2. The second kappa shape index (κ2) is 10.1. The lowest BCUT2D eigenvalue weighted by molar-refractivity contribution is -0.139. The van der Waals surface area contributed by atoms with Crippen molar-refractivity contribution in [3.05, 3.63) is 65.5 Å². The summed E-state index contributed by atoms with van der Waals surface area (Å²) in [6.45, 7) is 6.86. The van der Waals surface area contributed by atoms with Crippen LogP contribution in [0.3, 0.4) is 0 Å². The highest BCUT2D eigenvalue weighted by Gasteiger charge is 2.23. The first-order valence-electron chi connectivity index (χ1n) is 9.75. The van der Waals surface area contributed by atoms with Gasteiger partial charge in [0.1, 0.15) is 11.4 Å². The van der Waals surface area contributed by atoms with Crippen molar-refractivity contribution in [2.75, 3.05) is 12.4 Å². The molecule has 2 aromatic rings. The standard InChI is InChI=1S/C23H27FN2O5/c1-15(20(27)26(5)14-16-8-6-10-18(24)12-16)30-21(28)17-9-7-11-19(13-17)25-22(29)31-23(2,3)4/h6-13,15H,14H2,1-5H3,(H,25,29). The molecule has 0 aliphatic rings. The Bertz CT molecular complexity index is 955. The first kappa shape index (κ1) is 23.9. The first-order chi connectivity index (χ1) is 14.4. The molecule has 2 rings (SSSR count). The smallest absolute Gasteiger partial charge is 0.412 e. The minimum Gasteiger partial charge on any atom is -0.449 e. The normalized spacial score (nSPS) is 11.9. The highest BCUT2D eigenvalue weighted by molar-refractivity contribution is 5.94. The van der Waals surface area contributed by atoms with Gasteiger partial charge in [0, 0.05) is 19.3 Å². The quantitative estimate of drug-likeness (QED) is 0.688. The van der Waals surface area contributed by atoms with E-state index in [1.807, 2.05) is 0 Å². The van der Waals surface area contributed by atoms with Gasteiger partial charge in [-0.2, -0.15) is 0 Å². The molecule has 0 saturated heterocycles. The van der Waals surface area contributed by atoms with E-state index in [0.717, 1.165) is 0 Å². The Morgan fingerprint density at radius 1 is 1.10 bits per heavy atom. The molecule has 2 amide bonds. The Labute approximate surface area is 181 Å². The Morgan fingerprint density at radius 3 is 2.42 bits per heavy atom. The van der Waals surface area contributed by atoms with Crippen molar-refractivity contribution < 1.29 is 28.2 Å². The molecule has 0 spiro atoms. The number of carbonyl (C=O) groups is 3. The fourth-order valence-electron chi connectivity index (χ4n) is 2.72. The molecule has 0 aliphatic heterocycles. The van der Waals surface area contributed by atoms with Gasteiger partial charge in [-0.05, 0) is 63.6 Å². The average Bonchev–Trinajstić information content (AvgIpc) is 2.65. The predicted molar refractivity (Wildman–Crippen MR) is 114 cm³/mol. The number of esters is 1. The topological polar surface area (TPSA) is 84.9 Å². The van der Waals surface area contributed by atoms with E-state index in [2.05, 4.69) is 5.32 Å². The van der Waals surface area contributed by atoms with Crippen molar-refractivity contribution in [1.82, 2.24) is 4.90 Å². The molecule has 0 aliphatic carbocycles. The van der Waals surface area contributed by atoms with Crippen molar-refractivity contribution in [2.24, 2.45) is 0 Å². The molecule has 7 nitrogen and oxygen atoms in total. The summed E-state index contributed by atoms with van der Waals surface area (Å²) in [5.74, 6) is -1.54. The largest absolute Gasteiger partial charge is 0.449 e. The van der Waals surface area contributed by atoms with E-state index in [9.17, 15) is 18.8 Å². The molecule has 0 aromatic heterocycles. The van der Waals surface area contributed by atoms with Crippen LogP contribution in [0.15, 0.2) is 48.5 Å². The molecule has 2 aromatic carbocycles. The molecular formula is C23H27FN2O5. The summed E-state index contributed by atoms with van der Waals surface area (Å²) < 4.78 is 23.8. The third-order valence-corrected chi connectivity index (χ3v) is 4.06. The SMILES string of the molecule is CC(OC(=O)c1cccc(NC(=O)OC(C)(C)C)c1)C(=O)N(C)Cc1cccc(F)c1. The molecule has 1 unspecified atom stereocenters. The monoisotopic (exact) mass is 430 g/mol. The first-order valence-corrected chi connectivity index (χ1v) is 9.75. The van der Waals surface area contributed by atoms with Gasteiger partial charge in [0.15, 0.2) is 6.10 Å². The van der Waals surface area contributed by atoms with Gasteiger partial charge in [-0.1, -0.05) is 18.2 Å². The summed E-state index contributed by atoms with van der Waals surface area (Å²) in [7, 11) is 1.54. The fourth-order valence-corrected chi connectivity index (χ4v) is 2.72. The molecular weight excluding hydrogens is 403 g/mol. The molecule has 1 N–H and O–H groups in total. The summed E-state index contributed by atoms with van der Waals surface area (Å²) in [5.41, 5.74) is 0.482. The van der Waals surface area contributed by atoms with Gasteiger partial charge in [0.2, 0.25) is 0 Å². The molecule has 8 heteroatoms. The summed E-state index contributed by atoms with van der Waals surface area (Å²) in [6, 6.07) is 12.0. The van der Waals surface area contributed by atoms with Crippen LogP contribution in [0.1, 0.15) is 43.6 Å². The number of hydrogen-bond acceptors (Lipinski definition) is 5. The van der Waals surface area contributed by atoms with Gasteiger partial charge >= 0.3 is 12.1 Å². The van der Waals surface area contributed by atoms with E-state index in [4.69, 9.17) is 9.47 Å². The molecule has 0 saturated carbocycles. The zero-order chi connectivity index (χ0) is 23.2. The Hall–Kier alpha value is -3.42. The Kier molecular flexibility index (Phi) is 7.74. The van der Waals surface area contributed by atoms with Gasteiger partial charge in [0.05, 0.1) is 5.56 Å². The van der Waals surface area contributed by atoms with Crippen molar-refractivity contribution in [3.63, 3.8) is 0 Å². The maximum absolute atomic E-state index is 13.3. The van der Waals surface area contributed by atoms with Gasteiger partial charge < -0.3 is 14.4 Å². The van der Waals surface area contributed by atoms with E-state index < -0.39 is 35.5 Å². The van der Waals surface area contributed by atoms with Crippen LogP contribution in [0.2, 0.25) is 0 Å². The van der Waals surface area contributed by atoms with E-state index >= 15 is 0 Å². The maximum atomic E-state index is 13.3. The van der Waals surface area contributed by atoms with Crippen LogP contribution in [0, 0.1) is 5.82 Å². The molecule has 166 valence electrons. The molecule has 1 atom stereocenters. The van der Waals surface area contributed by atoms with E-state index in [1.165, 1.54) is 36.1 Å². The van der Waals surface area contributed by atoms with Crippen LogP contribution in [-0.4, -0.2) is 41.6 Å². The van der Waals surface area contributed by atoms with E-state index in [0.29, 0.717) is 11.3 Å². The Morgan fingerprint density at radius 2 is 1.77 bits per heavy atom. The summed E-state index contributed by atoms with van der Waals surface area (Å²) >= 11 is 0. The fraction of sp³-hybridized carbons (Fsp3) is 0.348. The van der Waals surface area contributed by atoms with Crippen molar-refractivity contribution in [2.45, 2.75) is 45.9 Å². The third-order valence-electron chi connectivity index (χ3n) is 4.06. The number of ether oxygens (including phenoxy) is 2.